The number of hydrogen-bond donors (Lipinski definition) is 2. The number of hydrazine groups is 1. The predicted molar refractivity (Wildman–Crippen MR) is 67.8 cm³/mol. The maximum atomic E-state index is 13.3. The molecule has 0 atom stereocenters. The van der Waals surface area contributed by atoms with E-state index in [1.54, 1.807) is 30.3 Å². The zero-order chi connectivity index (χ0) is 13.7. The van der Waals surface area contributed by atoms with Crippen LogP contribution in [-0.4, -0.2) is 11.8 Å². The molecule has 0 saturated carbocycles. The lowest BCUT2D eigenvalue weighted by Crippen LogP contribution is -2.41. The topological polar surface area (TPSA) is 58.2 Å². The van der Waals surface area contributed by atoms with Crippen LogP contribution in [0.3, 0.4) is 0 Å². The van der Waals surface area contributed by atoms with Gasteiger partial charge in [0.2, 0.25) is 0 Å². The zero-order valence-electron chi connectivity index (χ0n) is 9.89. The summed E-state index contributed by atoms with van der Waals surface area (Å²) in [6.45, 7) is 0. The molecule has 0 aromatic heterocycles. The number of rotatable bonds is 2. The van der Waals surface area contributed by atoms with Crippen LogP contribution in [0, 0.1) is 5.82 Å². The molecule has 19 heavy (non-hydrogen) atoms. The summed E-state index contributed by atoms with van der Waals surface area (Å²) >= 11 is 0. The van der Waals surface area contributed by atoms with Crippen molar-refractivity contribution in [3.05, 3.63) is 71.5 Å². The minimum absolute atomic E-state index is 0.129. The molecule has 0 aliphatic rings. The Morgan fingerprint density at radius 2 is 1.37 bits per heavy atom. The Hall–Kier alpha value is -2.69. The highest BCUT2D eigenvalue weighted by atomic mass is 19.1. The molecule has 0 fully saturated rings. The molecule has 0 spiro atoms. The van der Waals surface area contributed by atoms with Crippen LogP contribution in [-0.2, 0) is 0 Å². The van der Waals surface area contributed by atoms with Gasteiger partial charge >= 0.3 is 0 Å². The van der Waals surface area contributed by atoms with E-state index in [-0.39, 0.29) is 5.56 Å². The first kappa shape index (κ1) is 12.8. The third kappa shape index (κ3) is 3.16. The van der Waals surface area contributed by atoms with Gasteiger partial charge in [-0.05, 0) is 24.3 Å². The second-order valence-electron chi connectivity index (χ2n) is 3.75. The van der Waals surface area contributed by atoms with E-state index < -0.39 is 17.6 Å². The fraction of sp³-hybridized carbons (Fsp3) is 0. The molecular formula is C14H11FN2O2. The third-order valence-electron chi connectivity index (χ3n) is 2.44. The maximum Gasteiger partial charge on any atom is 0.272 e. The van der Waals surface area contributed by atoms with Crippen LogP contribution >= 0.6 is 0 Å². The zero-order valence-corrected chi connectivity index (χ0v) is 9.89. The second kappa shape index (κ2) is 5.77. The quantitative estimate of drug-likeness (QED) is 0.808. The van der Waals surface area contributed by atoms with Crippen molar-refractivity contribution in [2.45, 2.75) is 0 Å². The maximum absolute atomic E-state index is 13.3. The lowest BCUT2D eigenvalue weighted by molar-refractivity contribution is 0.0844. The van der Waals surface area contributed by atoms with E-state index >= 15 is 0 Å². The largest absolute Gasteiger partial charge is 0.272 e. The van der Waals surface area contributed by atoms with Crippen LogP contribution < -0.4 is 10.9 Å². The molecule has 0 bridgehead atoms. The van der Waals surface area contributed by atoms with Gasteiger partial charge in [0.15, 0.2) is 0 Å². The molecule has 5 heteroatoms. The molecule has 2 N–H and O–H groups in total. The highest BCUT2D eigenvalue weighted by molar-refractivity contribution is 5.99. The van der Waals surface area contributed by atoms with Crippen LogP contribution in [0.1, 0.15) is 20.7 Å². The molecule has 2 aromatic carbocycles. The average molecular weight is 258 g/mol. The summed E-state index contributed by atoms with van der Waals surface area (Å²) in [5, 5.41) is 0. The van der Waals surface area contributed by atoms with Gasteiger partial charge in [-0.25, -0.2) is 4.39 Å². The normalized spacial score (nSPS) is 9.74. The number of hydrogen-bond acceptors (Lipinski definition) is 2. The van der Waals surface area contributed by atoms with Gasteiger partial charge in [-0.1, -0.05) is 30.3 Å². The fourth-order valence-corrected chi connectivity index (χ4v) is 1.49. The minimum atomic E-state index is -0.706. The summed E-state index contributed by atoms with van der Waals surface area (Å²) in [6.07, 6.45) is 0. The molecule has 96 valence electrons. The Morgan fingerprint density at radius 3 is 2.05 bits per heavy atom. The van der Waals surface area contributed by atoms with Crippen molar-refractivity contribution >= 4 is 11.8 Å². The molecule has 0 saturated heterocycles. The van der Waals surface area contributed by atoms with Gasteiger partial charge in [-0.2, -0.15) is 0 Å². The molecule has 2 aromatic rings. The van der Waals surface area contributed by atoms with Crippen molar-refractivity contribution in [2.75, 3.05) is 0 Å². The molecule has 0 aliphatic heterocycles. The third-order valence-corrected chi connectivity index (χ3v) is 2.44. The van der Waals surface area contributed by atoms with Gasteiger partial charge in [-0.3, -0.25) is 20.4 Å². The Kier molecular flexibility index (Phi) is 3.87. The van der Waals surface area contributed by atoms with Gasteiger partial charge in [-0.15, -0.1) is 0 Å². The highest BCUT2D eigenvalue weighted by Gasteiger charge is 2.11. The molecule has 0 unspecified atom stereocenters. The lowest BCUT2D eigenvalue weighted by atomic mass is 10.2. The van der Waals surface area contributed by atoms with E-state index in [0.29, 0.717) is 5.56 Å². The van der Waals surface area contributed by atoms with Crippen molar-refractivity contribution < 1.29 is 14.0 Å². The predicted octanol–water partition coefficient (Wildman–Crippen LogP) is 1.90. The first-order valence-electron chi connectivity index (χ1n) is 5.59. The first-order valence-corrected chi connectivity index (χ1v) is 5.59. The van der Waals surface area contributed by atoms with Crippen molar-refractivity contribution in [1.82, 2.24) is 10.9 Å². The monoisotopic (exact) mass is 258 g/mol. The van der Waals surface area contributed by atoms with Crippen molar-refractivity contribution in [1.29, 1.82) is 0 Å². The summed E-state index contributed by atoms with van der Waals surface area (Å²) in [5.74, 6) is -1.82. The van der Waals surface area contributed by atoms with Crippen LogP contribution in [0.5, 0.6) is 0 Å². The standard InChI is InChI=1S/C14H11FN2O2/c15-12-9-5-4-8-11(12)14(19)17-16-13(18)10-6-2-1-3-7-10/h1-9H,(H,16,18)(H,17,19). The fourth-order valence-electron chi connectivity index (χ4n) is 1.49. The SMILES string of the molecule is O=C(NNC(=O)c1ccccc1F)c1ccccc1. The molecular weight excluding hydrogens is 247 g/mol. The Labute approximate surface area is 109 Å². The minimum Gasteiger partial charge on any atom is -0.267 e. The van der Waals surface area contributed by atoms with Gasteiger partial charge in [0.25, 0.3) is 11.8 Å². The number of halogens is 1. The Bertz CT molecular complexity index is 599. The van der Waals surface area contributed by atoms with E-state index in [2.05, 4.69) is 10.9 Å². The summed E-state index contributed by atoms with van der Waals surface area (Å²) in [7, 11) is 0. The lowest BCUT2D eigenvalue weighted by Gasteiger charge is -2.07. The molecule has 2 rings (SSSR count). The van der Waals surface area contributed by atoms with E-state index in [0.717, 1.165) is 0 Å². The highest BCUT2D eigenvalue weighted by Crippen LogP contribution is 2.05. The first-order chi connectivity index (χ1) is 9.18. The summed E-state index contributed by atoms with van der Waals surface area (Å²) in [6, 6.07) is 13.9. The van der Waals surface area contributed by atoms with Crippen LogP contribution in [0.4, 0.5) is 4.39 Å². The smallest absolute Gasteiger partial charge is 0.267 e. The number of nitrogens with one attached hydrogen (secondary N) is 2. The summed E-state index contributed by atoms with van der Waals surface area (Å²) in [5.41, 5.74) is 4.65. The van der Waals surface area contributed by atoms with Crippen LogP contribution in [0.15, 0.2) is 54.6 Å². The molecule has 0 heterocycles. The van der Waals surface area contributed by atoms with E-state index in [1.165, 1.54) is 24.3 Å². The van der Waals surface area contributed by atoms with Crippen molar-refractivity contribution in [2.24, 2.45) is 0 Å². The van der Waals surface area contributed by atoms with E-state index in [4.69, 9.17) is 0 Å². The van der Waals surface area contributed by atoms with Gasteiger partial charge in [0.1, 0.15) is 5.82 Å². The number of benzene rings is 2. The van der Waals surface area contributed by atoms with Gasteiger partial charge < -0.3 is 0 Å². The van der Waals surface area contributed by atoms with E-state index in [9.17, 15) is 14.0 Å². The van der Waals surface area contributed by atoms with Gasteiger partial charge in [0.05, 0.1) is 5.56 Å². The van der Waals surface area contributed by atoms with E-state index in [1.807, 2.05) is 0 Å². The Morgan fingerprint density at radius 1 is 0.789 bits per heavy atom. The Balaban J connectivity index is 1.98. The number of carbonyl (C=O) groups is 2. The molecule has 0 aliphatic carbocycles. The van der Waals surface area contributed by atoms with Crippen molar-refractivity contribution in [3.8, 4) is 0 Å². The molecule has 4 nitrogen and oxygen atoms in total. The van der Waals surface area contributed by atoms with Gasteiger partial charge in [0, 0.05) is 5.56 Å². The summed E-state index contributed by atoms with van der Waals surface area (Å²) in [4.78, 5) is 23.3. The number of carbonyl (C=O) groups excluding carboxylic acids is 2. The van der Waals surface area contributed by atoms with Crippen LogP contribution in [0.25, 0.3) is 0 Å². The molecule has 0 radical (unpaired) electrons. The van der Waals surface area contributed by atoms with Crippen molar-refractivity contribution in [3.63, 3.8) is 0 Å². The number of amides is 2. The average Bonchev–Trinajstić information content (AvgIpc) is 2.46. The second-order valence-corrected chi connectivity index (χ2v) is 3.75. The molecule has 2 amide bonds. The van der Waals surface area contributed by atoms with Crippen LogP contribution in [0.2, 0.25) is 0 Å². The summed E-state index contributed by atoms with van der Waals surface area (Å²) < 4.78 is 13.3.